The van der Waals surface area contributed by atoms with E-state index in [1.54, 1.807) is 43.5 Å². The van der Waals surface area contributed by atoms with Crippen LogP contribution < -0.4 is 20.5 Å². The van der Waals surface area contributed by atoms with Gasteiger partial charge in [0.25, 0.3) is 0 Å². The maximum Gasteiger partial charge on any atom is 0.323 e. The lowest BCUT2D eigenvalue weighted by atomic mass is 10.1. The molecule has 3 aromatic rings. The standard InChI is InChI=1S/C17H17N3O4/c1-23-11-4-6-15(24-2)14(9-11)18-16(21)8-10-3-5-12-13(7-10)20-17(22)19-12/h3-7,9H,8H2,1-2H3,(H,18,21)(H2,19,20,22). The lowest BCUT2D eigenvalue weighted by molar-refractivity contribution is -0.115. The molecule has 1 heterocycles. The lowest BCUT2D eigenvalue weighted by Crippen LogP contribution is -2.15. The Kier molecular flexibility index (Phi) is 4.24. The van der Waals surface area contributed by atoms with Gasteiger partial charge in [-0.05, 0) is 29.8 Å². The van der Waals surface area contributed by atoms with Crippen LogP contribution in [0, 0.1) is 0 Å². The Balaban J connectivity index is 1.78. The fourth-order valence-electron chi connectivity index (χ4n) is 2.48. The summed E-state index contributed by atoms with van der Waals surface area (Å²) < 4.78 is 10.4. The Morgan fingerprint density at radius 2 is 1.83 bits per heavy atom. The van der Waals surface area contributed by atoms with E-state index in [0.29, 0.717) is 28.2 Å². The number of carbonyl (C=O) groups excluding carboxylic acids is 1. The Morgan fingerprint density at radius 1 is 1.04 bits per heavy atom. The molecule has 0 saturated carbocycles. The summed E-state index contributed by atoms with van der Waals surface area (Å²) in [6, 6.07) is 10.5. The second-order valence-corrected chi connectivity index (χ2v) is 5.25. The van der Waals surface area contributed by atoms with Crippen molar-refractivity contribution in [2.75, 3.05) is 19.5 Å². The van der Waals surface area contributed by atoms with Gasteiger partial charge in [-0.2, -0.15) is 0 Å². The molecule has 24 heavy (non-hydrogen) atoms. The van der Waals surface area contributed by atoms with Crippen LogP contribution in [0.5, 0.6) is 11.5 Å². The molecule has 3 N–H and O–H groups in total. The molecule has 3 rings (SSSR count). The summed E-state index contributed by atoms with van der Waals surface area (Å²) in [5, 5.41) is 2.81. The number of ether oxygens (including phenoxy) is 2. The van der Waals surface area contributed by atoms with Crippen LogP contribution in [0.3, 0.4) is 0 Å². The fraction of sp³-hybridized carbons (Fsp3) is 0.176. The van der Waals surface area contributed by atoms with Gasteiger partial charge < -0.3 is 24.8 Å². The zero-order chi connectivity index (χ0) is 17.1. The number of anilines is 1. The molecule has 0 unspecified atom stereocenters. The van der Waals surface area contributed by atoms with Crippen LogP contribution in [0.4, 0.5) is 5.69 Å². The largest absolute Gasteiger partial charge is 0.497 e. The molecular weight excluding hydrogens is 310 g/mol. The van der Waals surface area contributed by atoms with Crippen molar-refractivity contribution in [3.63, 3.8) is 0 Å². The lowest BCUT2D eigenvalue weighted by Gasteiger charge is -2.11. The van der Waals surface area contributed by atoms with E-state index >= 15 is 0 Å². The molecule has 0 spiro atoms. The molecular formula is C17H17N3O4. The molecule has 0 atom stereocenters. The number of amides is 1. The second-order valence-electron chi connectivity index (χ2n) is 5.25. The highest BCUT2D eigenvalue weighted by molar-refractivity contribution is 5.94. The summed E-state index contributed by atoms with van der Waals surface area (Å²) in [5.41, 5.74) is 2.44. The Bertz CT molecular complexity index is 942. The van der Waals surface area contributed by atoms with Crippen LogP contribution in [0.1, 0.15) is 5.56 Å². The predicted octanol–water partition coefficient (Wildman–Crippen LogP) is 2.05. The molecule has 0 bridgehead atoms. The van der Waals surface area contributed by atoms with Crippen molar-refractivity contribution in [2.24, 2.45) is 0 Å². The summed E-state index contributed by atoms with van der Waals surface area (Å²) >= 11 is 0. The van der Waals surface area contributed by atoms with E-state index in [0.717, 1.165) is 5.56 Å². The van der Waals surface area contributed by atoms with E-state index in [1.165, 1.54) is 7.11 Å². The van der Waals surface area contributed by atoms with E-state index in [9.17, 15) is 9.59 Å². The van der Waals surface area contributed by atoms with Crippen molar-refractivity contribution in [1.29, 1.82) is 0 Å². The summed E-state index contributed by atoms with van der Waals surface area (Å²) in [5.74, 6) is 0.978. The van der Waals surface area contributed by atoms with Crippen molar-refractivity contribution in [3.8, 4) is 11.5 Å². The van der Waals surface area contributed by atoms with Gasteiger partial charge >= 0.3 is 5.69 Å². The highest BCUT2D eigenvalue weighted by Gasteiger charge is 2.10. The first kappa shape index (κ1) is 15.7. The number of rotatable bonds is 5. The number of aromatic nitrogens is 2. The van der Waals surface area contributed by atoms with Gasteiger partial charge in [0.15, 0.2) is 0 Å². The van der Waals surface area contributed by atoms with E-state index in [1.807, 2.05) is 0 Å². The second kappa shape index (κ2) is 6.49. The van der Waals surface area contributed by atoms with Gasteiger partial charge in [-0.3, -0.25) is 4.79 Å². The third-order valence-corrected chi connectivity index (χ3v) is 3.63. The molecule has 0 saturated heterocycles. The topological polar surface area (TPSA) is 96.2 Å². The van der Waals surface area contributed by atoms with Gasteiger partial charge in [-0.15, -0.1) is 0 Å². The van der Waals surface area contributed by atoms with Gasteiger partial charge in [0.05, 0.1) is 37.4 Å². The Morgan fingerprint density at radius 3 is 2.58 bits per heavy atom. The normalized spacial score (nSPS) is 10.6. The number of hydrogen-bond acceptors (Lipinski definition) is 4. The third kappa shape index (κ3) is 3.24. The molecule has 0 aliphatic rings. The SMILES string of the molecule is COc1ccc(OC)c(NC(=O)Cc2ccc3[nH]c(=O)[nH]c3c2)c1. The number of benzene rings is 2. The van der Waals surface area contributed by atoms with Gasteiger partial charge in [-0.1, -0.05) is 6.07 Å². The quantitative estimate of drug-likeness (QED) is 0.668. The Labute approximate surface area is 137 Å². The number of carbonyl (C=O) groups is 1. The molecule has 0 radical (unpaired) electrons. The van der Waals surface area contributed by atoms with Gasteiger partial charge in [-0.25, -0.2) is 4.79 Å². The summed E-state index contributed by atoms with van der Waals surface area (Å²) in [6.07, 6.45) is 0.170. The minimum absolute atomic E-state index is 0.170. The summed E-state index contributed by atoms with van der Waals surface area (Å²) in [4.78, 5) is 28.9. The van der Waals surface area contributed by atoms with Crippen LogP contribution in [-0.4, -0.2) is 30.1 Å². The van der Waals surface area contributed by atoms with Gasteiger partial charge in [0, 0.05) is 6.07 Å². The monoisotopic (exact) mass is 327 g/mol. The number of fused-ring (bicyclic) bond motifs is 1. The van der Waals surface area contributed by atoms with E-state index in [-0.39, 0.29) is 18.0 Å². The number of hydrogen-bond donors (Lipinski definition) is 3. The third-order valence-electron chi connectivity index (χ3n) is 3.63. The van der Waals surface area contributed by atoms with Crippen LogP contribution in [0.15, 0.2) is 41.2 Å². The highest BCUT2D eigenvalue weighted by Crippen LogP contribution is 2.29. The molecule has 124 valence electrons. The average Bonchev–Trinajstić information content (AvgIpc) is 2.94. The van der Waals surface area contributed by atoms with Crippen molar-refractivity contribution in [2.45, 2.75) is 6.42 Å². The number of aromatic amines is 2. The highest BCUT2D eigenvalue weighted by atomic mass is 16.5. The maximum absolute atomic E-state index is 12.3. The maximum atomic E-state index is 12.3. The van der Waals surface area contributed by atoms with Crippen molar-refractivity contribution in [1.82, 2.24) is 9.97 Å². The molecule has 1 aromatic heterocycles. The molecule has 2 aromatic carbocycles. The van der Waals surface area contributed by atoms with E-state index in [4.69, 9.17) is 9.47 Å². The first-order chi connectivity index (χ1) is 11.6. The first-order valence-electron chi connectivity index (χ1n) is 7.32. The zero-order valence-electron chi connectivity index (χ0n) is 13.3. The minimum Gasteiger partial charge on any atom is -0.497 e. The number of imidazole rings is 1. The van der Waals surface area contributed by atoms with Gasteiger partial charge in [0.2, 0.25) is 5.91 Å². The molecule has 7 nitrogen and oxygen atoms in total. The minimum atomic E-state index is -0.271. The van der Waals surface area contributed by atoms with E-state index < -0.39 is 0 Å². The van der Waals surface area contributed by atoms with E-state index in [2.05, 4.69) is 15.3 Å². The fourth-order valence-corrected chi connectivity index (χ4v) is 2.48. The number of methoxy groups -OCH3 is 2. The molecule has 0 aliphatic heterocycles. The Hall–Kier alpha value is -3.22. The van der Waals surface area contributed by atoms with Crippen LogP contribution in [0.25, 0.3) is 11.0 Å². The van der Waals surface area contributed by atoms with Crippen LogP contribution in [0.2, 0.25) is 0 Å². The zero-order valence-corrected chi connectivity index (χ0v) is 13.3. The first-order valence-corrected chi connectivity index (χ1v) is 7.32. The molecule has 1 amide bonds. The molecule has 7 heteroatoms. The van der Waals surface area contributed by atoms with Crippen molar-refractivity contribution in [3.05, 3.63) is 52.4 Å². The molecule has 0 aliphatic carbocycles. The number of nitrogens with one attached hydrogen (secondary N) is 3. The summed E-state index contributed by atoms with van der Waals surface area (Å²) in [7, 11) is 3.09. The summed E-state index contributed by atoms with van der Waals surface area (Å²) in [6.45, 7) is 0. The van der Waals surface area contributed by atoms with Crippen LogP contribution in [-0.2, 0) is 11.2 Å². The average molecular weight is 327 g/mol. The predicted molar refractivity (Wildman–Crippen MR) is 90.8 cm³/mol. The van der Waals surface area contributed by atoms with Crippen molar-refractivity contribution >= 4 is 22.6 Å². The smallest absolute Gasteiger partial charge is 0.323 e. The molecule has 0 fully saturated rings. The number of H-pyrrole nitrogens is 2. The van der Waals surface area contributed by atoms with Gasteiger partial charge in [0.1, 0.15) is 11.5 Å². The van der Waals surface area contributed by atoms with Crippen LogP contribution >= 0.6 is 0 Å². The van der Waals surface area contributed by atoms with Crippen molar-refractivity contribution < 1.29 is 14.3 Å².